The number of hydrogen-bond acceptors (Lipinski definition) is 5. The number of carbonyl (C=O) groups excluding carboxylic acids is 1. The number of nitrogens with zero attached hydrogens (tertiary/aromatic N) is 2. The Morgan fingerprint density at radius 3 is 2.61 bits per heavy atom. The summed E-state index contributed by atoms with van der Waals surface area (Å²) in [5.74, 6) is 0.549. The quantitative estimate of drug-likeness (QED) is 0.551. The lowest BCUT2D eigenvalue weighted by molar-refractivity contribution is -0.127. The van der Waals surface area contributed by atoms with E-state index in [9.17, 15) is 9.59 Å². The fourth-order valence-corrected chi connectivity index (χ4v) is 3.35. The van der Waals surface area contributed by atoms with Gasteiger partial charge in [0.15, 0.2) is 6.10 Å². The van der Waals surface area contributed by atoms with E-state index in [1.165, 1.54) is 16.8 Å². The van der Waals surface area contributed by atoms with Gasteiger partial charge in [-0.2, -0.15) is 4.68 Å². The molecule has 162 valence electrons. The molecule has 0 aliphatic rings. The Bertz CT molecular complexity index is 1160. The number of halogens is 1. The molecule has 1 unspecified atom stereocenters. The van der Waals surface area contributed by atoms with Crippen molar-refractivity contribution in [3.8, 4) is 17.3 Å². The molecule has 0 fully saturated rings. The van der Waals surface area contributed by atoms with Crippen LogP contribution in [0.2, 0.25) is 0 Å². The normalized spacial score (nSPS) is 11.6. The van der Waals surface area contributed by atoms with Crippen molar-refractivity contribution in [2.75, 3.05) is 7.11 Å². The van der Waals surface area contributed by atoms with E-state index < -0.39 is 6.10 Å². The number of ether oxygens (including phenoxy) is 2. The standard InChI is InChI=1S/C23H24BrN3O4/c1-14-5-7-19(11-15(14)2)27-22(28)10-9-21(26-27)31-16(3)23(29)25-13-17-12-18(24)6-8-20(17)30-4/h5-12,16H,13H2,1-4H3,(H,25,29). The second-order valence-electron chi connectivity index (χ2n) is 7.12. The molecular formula is C23H24BrN3O4. The van der Waals surface area contributed by atoms with Crippen LogP contribution in [-0.4, -0.2) is 28.9 Å². The zero-order chi connectivity index (χ0) is 22.5. The van der Waals surface area contributed by atoms with Crippen molar-refractivity contribution in [2.45, 2.75) is 33.4 Å². The zero-order valence-corrected chi connectivity index (χ0v) is 19.4. The number of hydrogen-bond donors (Lipinski definition) is 1. The molecule has 0 bridgehead atoms. The van der Waals surface area contributed by atoms with Crippen LogP contribution in [0.25, 0.3) is 5.69 Å². The molecule has 0 aliphatic heterocycles. The van der Waals surface area contributed by atoms with Crippen LogP contribution in [0.5, 0.6) is 11.6 Å². The summed E-state index contributed by atoms with van der Waals surface area (Å²) in [5, 5.41) is 7.10. The molecule has 1 aromatic heterocycles. The lowest BCUT2D eigenvalue weighted by Gasteiger charge is -2.16. The Hall–Kier alpha value is -3.13. The number of carbonyl (C=O) groups is 1. The minimum absolute atomic E-state index is 0.181. The lowest BCUT2D eigenvalue weighted by Crippen LogP contribution is -2.36. The fraction of sp³-hybridized carbons (Fsp3) is 0.261. The number of aryl methyl sites for hydroxylation is 2. The first-order chi connectivity index (χ1) is 14.8. The minimum Gasteiger partial charge on any atom is -0.496 e. The third-order valence-electron chi connectivity index (χ3n) is 4.87. The maximum Gasteiger partial charge on any atom is 0.271 e. The highest BCUT2D eigenvalue weighted by molar-refractivity contribution is 9.10. The van der Waals surface area contributed by atoms with Crippen LogP contribution in [0, 0.1) is 13.8 Å². The molecule has 7 nitrogen and oxygen atoms in total. The van der Waals surface area contributed by atoms with Gasteiger partial charge in [-0.15, -0.1) is 5.10 Å². The maximum absolute atomic E-state index is 12.5. The van der Waals surface area contributed by atoms with E-state index in [0.717, 1.165) is 21.2 Å². The second-order valence-corrected chi connectivity index (χ2v) is 8.04. The Balaban J connectivity index is 1.71. The van der Waals surface area contributed by atoms with Gasteiger partial charge in [-0.05, 0) is 62.2 Å². The van der Waals surface area contributed by atoms with Gasteiger partial charge in [-0.1, -0.05) is 22.0 Å². The predicted molar refractivity (Wildman–Crippen MR) is 122 cm³/mol. The highest BCUT2D eigenvalue weighted by atomic mass is 79.9. The SMILES string of the molecule is COc1ccc(Br)cc1CNC(=O)C(C)Oc1ccc(=O)n(-c2ccc(C)c(C)c2)n1. The van der Waals surface area contributed by atoms with E-state index >= 15 is 0 Å². The van der Waals surface area contributed by atoms with Crippen LogP contribution in [0.3, 0.4) is 0 Å². The summed E-state index contributed by atoms with van der Waals surface area (Å²) >= 11 is 3.42. The van der Waals surface area contributed by atoms with Crippen LogP contribution in [-0.2, 0) is 11.3 Å². The van der Waals surface area contributed by atoms with E-state index in [1.54, 1.807) is 14.0 Å². The molecule has 31 heavy (non-hydrogen) atoms. The monoisotopic (exact) mass is 485 g/mol. The van der Waals surface area contributed by atoms with Gasteiger partial charge in [0.05, 0.1) is 12.8 Å². The first-order valence-electron chi connectivity index (χ1n) is 9.73. The van der Waals surface area contributed by atoms with Crippen LogP contribution >= 0.6 is 15.9 Å². The van der Waals surface area contributed by atoms with E-state index in [0.29, 0.717) is 11.4 Å². The molecule has 1 atom stereocenters. The van der Waals surface area contributed by atoms with Crippen LogP contribution < -0.4 is 20.3 Å². The highest BCUT2D eigenvalue weighted by Crippen LogP contribution is 2.22. The van der Waals surface area contributed by atoms with Crippen LogP contribution in [0.15, 0.2) is 57.8 Å². The number of amides is 1. The number of rotatable bonds is 7. The summed E-state index contributed by atoms with van der Waals surface area (Å²) < 4.78 is 13.2. The molecule has 3 aromatic rings. The van der Waals surface area contributed by atoms with Gasteiger partial charge in [0.25, 0.3) is 11.5 Å². The molecule has 0 saturated heterocycles. The smallest absolute Gasteiger partial charge is 0.271 e. The second kappa shape index (κ2) is 9.78. The van der Waals surface area contributed by atoms with Crippen molar-refractivity contribution >= 4 is 21.8 Å². The molecule has 0 spiro atoms. The van der Waals surface area contributed by atoms with Crippen LogP contribution in [0.4, 0.5) is 0 Å². The average Bonchev–Trinajstić information content (AvgIpc) is 2.75. The van der Waals surface area contributed by atoms with Crippen molar-refractivity contribution in [3.05, 3.63) is 80.0 Å². The van der Waals surface area contributed by atoms with Gasteiger partial charge in [0.1, 0.15) is 5.75 Å². The summed E-state index contributed by atoms with van der Waals surface area (Å²) in [4.78, 5) is 24.8. The number of aromatic nitrogens is 2. The Kier molecular flexibility index (Phi) is 7.12. The number of methoxy groups -OCH3 is 1. The first kappa shape index (κ1) is 22.6. The summed E-state index contributed by atoms with van der Waals surface area (Å²) in [6, 6.07) is 14.0. The predicted octanol–water partition coefficient (Wildman–Crippen LogP) is 3.70. The molecule has 8 heteroatoms. The minimum atomic E-state index is -0.809. The Morgan fingerprint density at radius 2 is 1.90 bits per heavy atom. The Morgan fingerprint density at radius 1 is 1.13 bits per heavy atom. The van der Waals surface area contributed by atoms with E-state index in [1.807, 2.05) is 50.2 Å². The molecule has 2 aromatic carbocycles. The molecule has 3 rings (SSSR count). The number of benzene rings is 2. The molecular weight excluding hydrogens is 462 g/mol. The highest BCUT2D eigenvalue weighted by Gasteiger charge is 2.17. The van der Waals surface area contributed by atoms with Gasteiger partial charge in [-0.3, -0.25) is 9.59 Å². The molecule has 0 saturated carbocycles. The van der Waals surface area contributed by atoms with Crippen molar-refractivity contribution in [1.82, 2.24) is 15.1 Å². The topological polar surface area (TPSA) is 82.5 Å². The Labute approximate surface area is 189 Å². The van der Waals surface area contributed by atoms with Crippen molar-refractivity contribution < 1.29 is 14.3 Å². The average molecular weight is 486 g/mol. The zero-order valence-electron chi connectivity index (χ0n) is 17.8. The van der Waals surface area contributed by atoms with Crippen molar-refractivity contribution in [3.63, 3.8) is 0 Å². The molecule has 0 radical (unpaired) electrons. The summed E-state index contributed by atoms with van der Waals surface area (Å²) in [5.41, 5.74) is 3.36. The molecule has 1 heterocycles. The van der Waals surface area contributed by atoms with Gasteiger partial charge >= 0.3 is 0 Å². The summed E-state index contributed by atoms with van der Waals surface area (Å²) in [6.07, 6.45) is -0.809. The number of nitrogens with one attached hydrogen (secondary N) is 1. The largest absolute Gasteiger partial charge is 0.496 e. The third kappa shape index (κ3) is 5.52. The van der Waals surface area contributed by atoms with Gasteiger partial charge < -0.3 is 14.8 Å². The molecule has 1 N–H and O–H groups in total. The lowest BCUT2D eigenvalue weighted by atomic mass is 10.1. The van der Waals surface area contributed by atoms with Crippen LogP contribution in [0.1, 0.15) is 23.6 Å². The fourth-order valence-electron chi connectivity index (χ4n) is 2.95. The summed E-state index contributed by atoms with van der Waals surface area (Å²) in [6.45, 7) is 5.88. The van der Waals surface area contributed by atoms with Crippen molar-refractivity contribution in [2.24, 2.45) is 0 Å². The van der Waals surface area contributed by atoms with E-state index in [2.05, 4.69) is 26.3 Å². The van der Waals surface area contributed by atoms with E-state index in [-0.39, 0.29) is 23.9 Å². The summed E-state index contributed by atoms with van der Waals surface area (Å²) in [7, 11) is 1.58. The van der Waals surface area contributed by atoms with Crippen molar-refractivity contribution in [1.29, 1.82) is 0 Å². The van der Waals surface area contributed by atoms with Gasteiger partial charge in [0.2, 0.25) is 5.88 Å². The maximum atomic E-state index is 12.5. The third-order valence-corrected chi connectivity index (χ3v) is 5.37. The molecule has 0 aliphatic carbocycles. The first-order valence-corrected chi connectivity index (χ1v) is 10.5. The van der Waals surface area contributed by atoms with Gasteiger partial charge in [0, 0.05) is 28.7 Å². The van der Waals surface area contributed by atoms with E-state index in [4.69, 9.17) is 9.47 Å². The molecule has 1 amide bonds. The van der Waals surface area contributed by atoms with Gasteiger partial charge in [-0.25, -0.2) is 0 Å².